The Labute approximate surface area is 125 Å². The van der Waals surface area contributed by atoms with Crippen LogP contribution in [0.3, 0.4) is 0 Å². The van der Waals surface area contributed by atoms with E-state index in [2.05, 4.69) is 0 Å². The second kappa shape index (κ2) is 5.64. The van der Waals surface area contributed by atoms with E-state index in [1.807, 2.05) is 0 Å². The summed E-state index contributed by atoms with van der Waals surface area (Å²) < 4.78 is 0. The zero-order valence-corrected chi connectivity index (χ0v) is 11.9. The van der Waals surface area contributed by atoms with Crippen LogP contribution in [-0.4, -0.2) is 43.1 Å². The number of carboxylic acid groups (broad SMARTS) is 2. The van der Waals surface area contributed by atoms with Crippen LogP contribution in [0.25, 0.3) is 0 Å². The van der Waals surface area contributed by atoms with Crippen molar-refractivity contribution in [2.75, 3.05) is 0 Å². The zero-order chi connectivity index (χ0) is 14.9. The SMILES string of the molecule is O=C(O)CCC(C(=O)O)N1C(=S)c2ccccc2C1=S. The fourth-order valence-corrected chi connectivity index (χ4v) is 2.96. The van der Waals surface area contributed by atoms with Crippen molar-refractivity contribution in [3.63, 3.8) is 0 Å². The Morgan fingerprint density at radius 3 is 2.00 bits per heavy atom. The smallest absolute Gasteiger partial charge is 0.326 e. The lowest BCUT2D eigenvalue weighted by Crippen LogP contribution is -2.44. The molecule has 5 nitrogen and oxygen atoms in total. The number of aliphatic carboxylic acids is 2. The Morgan fingerprint density at radius 1 is 1.10 bits per heavy atom. The summed E-state index contributed by atoms with van der Waals surface area (Å²) in [4.78, 5) is 24.1. The molecule has 0 fully saturated rings. The van der Waals surface area contributed by atoms with Gasteiger partial charge in [-0.05, 0) is 6.42 Å². The van der Waals surface area contributed by atoms with Gasteiger partial charge in [0.25, 0.3) is 0 Å². The molecular weight excluding hydrogens is 298 g/mol. The standard InChI is InChI=1S/C13H11NO4S2/c15-10(16)6-5-9(13(17)18)14-11(19)7-3-1-2-4-8(7)12(14)20/h1-4,9H,5-6H2,(H,15,16)(H,17,18). The molecule has 1 aromatic rings. The summed E-state index contributed by atoms with van der Waals surface area (Å²) in [7, 11) is 0. The van der Waals surface area contributed by atoms with Gasteiger partial charge in [0.15, 0.2) is 0 Å². The summed E-state index contributed by atoms with van der Waals surface area (Å²) in [5.74, 6) is -2.19. The van der Waals surface area contributed by atoms with E-state index in [1.165, 1.54) is 4.90 Å². The van der Waals surface area contributed by atoms with Gasteiger partial charge in [0.2, 0.25) is 0 Å². The highest BCUT2D eigenvalue weighted by atomic mass is 32.1. The molecule has 2 rings (SSSR count). The fourth-order valence-electron chi connectivity index (χ4n) is 2.11. The number of hydrogen-bond acceptors (Lipinski definition) is 4. The maximum Gasteiger partial charge on any atom is 0.326 e. The Hall–Kier alpha value is -1.86. The minimum atomic E-state index is -1.14. The second-order valence-corrected chi connectivity index (χ2v) is 5.09. The number of benzene rings is 1. The van der Waals surface area contributed by atoms with E-state index >= 15 is 0 Å². The highest BCUT2D eigenvalue weighted by Gasteiger charge is 2.37. The summed E-state index contributed by atoms with van der Waals surface area (Å²) in [6, 6.07) is 6.09. The third kappa shape index (κ3) is 2.54. The Bertz CT molecular complexity index is 579. The third-order valence-electron chi connectivity index (χ3n) is 3.05. The second-order valence-electron chi connectivity index (χ2n) is 4.31. The van der Waals surface area contributed by atoms with Crippen LogP contribution in [0.2, 0.25) is 0 Å². The Kier molecular flexibility index (Phi) is 4.10. The van der Waals surface area contributed by atoms with Gasteiger partial charge in [-0.15, -0.1) is 0 Å². The molecule has 1 atom stereocenters. The number of fused-ring (bicyclic) bond motifs is 1. The van der Waals surface area contributed by atoms with Crippen LogP contribution in [0.15, 0.2) is 24.3 Å². The molecule has 0 saturated carbocycles. The van der Waals surface area contributed by atoms with Crippen molar-refractivity contribution in [1.82, 2.24) is 4.90 Å². The predicted molar refractivity (Wildman–Crippen MR) is 80.0 cm³/mol. The van der Waals surface area contributed by atoms with E-state index in [0.29, 0.717) is 21.1 Å². The largest absolute Gasteiger partial charge is 0.481 e. The summed E-state index contributed by atoms with van der Waals surface area (Å²) in [5.41, 5.74) is 1.43. The number of carboxylic acids is 2. The lowest BCUT2D eigenvalue weighted by molar-refractivity contribution is -0.141. The molecule has 1 unspecified atom stereocenters. The molecule has 0 spiro atoms. The quantitative estimate of drug-likeness (QED) is 0.801. The van der Waals surface area contributed by atoms with Crippen molar-refractivity contribution in [2.45, 2.75) is 18.9 Å². The molecule has 2 N–H and O–H groups in total. The van der Waals surface area contributed by atoms with Crippen molar-refractivity contribution >= 4 is 46.4 Å². The summed E-state index contributed by atoms with van der Waals surface area (Å²) in [6.45, 7) is 0. The predicted octanol–water partition coefficient (Wildman–Crippen LogP) is 1.67. The van der Waals surface area contributed by atoms with Gasteiger partial charge in [-0.1, -0.05) is 48.7 Å². The number of thiocarbonyl (C=S) groups is 2. The van der Waals surface area contributed by atoms with Crippen LogP contribution in [0.1, 0.15) is 24.0 Å². The number of carbonyl (C=O) groups is 2. The average molecular weight is 309 g/mol. The van der Waals surface area contributed by atoms with Gasteiger partial charge in [0.1, 0.15) is 16.0 Å². The van der Waals surface area contributed by atoms with Crippen molar-refractivity contribution in [1.29, 1.82) is 0 Å². The van der Waals surface area contributed by atoms with Gasteiger partial charge in [-0.3, -0.25) is 4.79 Å². The molecule has 0 aromatic heterocycles. The molecule has 7 heteroatoms. The van der Waals surface area contributed by atoms with Crippen molar-refractivity contribution in [3.8, 4) is 0 Å². The summed E-state index contributed by atoms with van der Waals surface area (Å²) in [5, 5.41) is 18.0. The van der Waals surface area contributed by atoms with Crippen LogP contribution < -0.4 is 0 Å². The van der Waals surface area contributed by atoms with Gasteiger partial charge < -0.3 is 15.1 Å². The van der Waals surface area contributed by atoms with E-state index in [-0.39, 0.29) is 12.8 Å². The maximum absolute atomic E-state index is 11.4. The molecule has 1 aliphatic rings. The molecule has 104 valence electrons. The minimum absolute atomic E-state index is 0.0566. The molecule has 0 saturated heterocycles. The third-order valence-corrected chi connectivity index (χ3v) is 3.89. The topological polar surface area (TPSA) is 77.8 Å². The molecule has 0 aliphatic carbocycles. The van der Waals surface area contributed by atoms with E-state index in [0.717, 1.165) is 0 Å². The van der Waals surface area contributed by atoms with E-state index in [4.69, 9.17) is 29.5 Å². The molecule has 20 heavy (non-hydrogen) atoms. The first-order valence-electron chi connectivity index (χ1n) is 5.85. The minimum Gasteiger partial charge on any atom is -0.481 e. The first-order valence-corrected chi connectivity index (χ1v) is 6.66. The van der Waals surface area contributed by atoms with Gasteiger partial charge >= 0.3 is 11.9 Å². The maximum atomic E-state index is 11.4. The van der Waals surface area contributed by atoms with E-state index < -0.39 is 18.0 Å². The molecular formula is C13H11NO4S2. The number of nitrogens with zero attached hydrogens (tertiary/aromatic N) is 1. The molecule has 1 aromatic carbocycles. The highest BCUT2D eigenvalue weighted by molar-refractivity contribution is 7.82. The fraction of sp³-hybridized carbons (Fsp3) is 0.231. The van der Waals surface area contributed by atoms with E-state index in [9.17, 15) is 14.7 Å². The Balaban J connectivity index is 2.32. The van der Waals surface area contributed by atoms with Gasteiger partial charge in [0, 0.05) is 17.5 Å². The molecule has 0 amide bonds. The van der Waals surface area contributed by atoms with Crippen molar-refractivity contribution in [2.24, 2.45) is 0 Å². The zero-order valence-electron chi connectivity index (χ0n) is 10.3. The number of rotatable bonds is 5. The van der Waals surface area contributed by atoms with Gasteiger partial charge in [0.05, 0.1) is 0 Å². The first-order chi connectivity index (χ1) is 9.43. The van der Waals surface area contributed by atoms with Crippen molar-refractivity contribution in [3.05, 3.63) is 35.4 Å². The lowest BCUT2D eigenvalue weighted by Gasteiger charge is -2.25. The molecule has 1 aliphatic heterocycles. The molecule has 0 bridgehead atoms. The van der Waals surface area contributed by atoms with Crippen LogP contribution in [-0.2, 0) is 9.59 Å². The van der Waals surface area contributed by atoms with Gasteiger partial charge in [-0.2, -0.15) is 0 Å². The van der Waals surface area contributed by atoms with Crippen LogP contribution in [0, 0.1) is 0 Å². The highest BCUT2D eigenvalue weighted by Crippen LogP contribution is 2.27. The average Bonchev–Trinajstić information content (AvgIpc) is 2.64. The number of hydrogen-bond donors (Lipinski definition) is 2. The van der Waals surface area contributed by atoms with Crippen LogP contribution in [0.5, 0.6) is 0 Å². The normalized spacial score (nSPS) is 15.1. The monoisotopic (exact) mass is 309 g/mol. The van der Waals surface area contributed by atoms with Crippen molar-refractivity contribution < 1.29 is 19.8 Å². The lowest BCUT2D eigenvalue weighted by atomic mass is 10.1. The van der Waals surface area contributed by atoms with Crippen LogP contribution in [0.4, 0.5) is 0 Å². The first kappa shape index (κ1) is 14.5. The van der Waals surface area contributed by atoms with Gasteiger partial charge in [-0.25, -0.2) is 4.79 Å². The molecule has 0 radical (unpaired) electrons. The summed E-state index contributed by atoms with van der Waals surface area (Å²) in [6.07, 6.45) is -0.312. The molecule has 1 heterocycles. The van der Waals surface area contributed by atoms with Crippen LogP contribution >= 0.6 is 24.4 Å². The summed E-state index contributed by atoms with van der Waals surface area (Å²) >= 11 is 10.6. The van der Waals surface area contributed by atoms with E-state index in [1.54, 1.807) is 24.3 Å². The Morgan fingerprint density at radius 2 is 1.60 bits per heavy atom.